The minimum absolute atomic E-state index is 0.00366. The molecule has 6 heteroatoms. The van der Waals surface area contributed by atoms with Crippen LogP contribution in [0.15, 0.2) is 29.2 Å². The van der Waals surface area contributed by atoms with E-state index >= 15 is 0 Å². The second kappa shape index (κ2) is 4.92. The molecule has 0 aliphatic carbocycles. The molecule has 2 aromatic heterocycles. The fraction of sp³-hybridized carbons (Fsp3) is 0.182. The Bertz CT molecular complexity index is 513. The number of aromatic nitrogens is 2. The highest BCUT2D eigenvalue weighted by Gasteiger charge is 2.15. The highest BCUT2D eigenvalue weighted by Crippen LogP contribution is 2.21. The Morgan fingerprint density at radius 1 is 1.47 bits per heavy atom. The maximum atomic E-state index is 10.9. The standard InChI is InChI=1S/C11H11N3O2S/c1-7(8-2-5-17-6-8)14-10-9(11(15)16)12-3-4-13-10/h2-7H,1H3,(H,13,14)(H,15,16). The molecule has 0 spiro atoms. The molecule has 0 saturated heterocycles. The van der Waals surface area contributed by atoms with Crippen molar-refractivity contribution in [3.05, 3.63) is 40.5 Å². The van der Waals surface area contributed by atoms with Crippen LogP contribution >= 0.6 is 11.3 Å². The van der Waals surface area contributed by atoms with Gasteiger partial charge in [-0.1, -0.05) is 0 Å². The number of carbonyl (C=O) groups is 1. The molecular formula is C11H11N3O2S. The van der Waals surface area contributed by atoms with Crippen molar-refractivity contribution in [2.24, 2.45) is 0 Å². The van der Waals surface area contributed by atoms with Gasteiger partial charge in [0.25, 0.3) is 0 Å². The summed E-state index contributed by atoms with van der Waals surface area (Å²) in [5, 5.41) is 16.0. The molecule has 0 amide bonds. The van der Waals surface area contributed by atoms with E-state index in [2.05, 4.69) is 15.3 Å². The number of anilines is 1. The van der Waals surface area contributed by atoms with Gasteiger partial charge in [-0.25, -0.2) is 14.8 Å². The summed E-state index contributed by atoms with van der Waals surface area (Å²) < 4.78 is 0. The molecule has 0 bridgehead atoms. The summed E-state index contributed by atoms with van der Waals surface area (Å²) in [5.74, 6) is -0.795. The van der Waals surface area contributed by atoms with E-state index < -0.39 is 5.97 Å². The summed E-state index contributed by atoms with van der Waals surface area (Å²) in [4.78, 5) is 18.7. The van der Waals surface area contributed by atoms with Crippen LogP contribution in [0.4, 0.5) is 5.82 Å². The number of nitrogens with one attached hydrogen (secondary N) is 1. The Morgan fingerprint density at radius 3 is 2.88 bits per heavy atom. The molecule has 0 saturated carbocycles. The zero-order valence-corrected chi connectivity index (χ0v) is 9.94. The molecule has 2 N–H and O–H groups in total. The Hall–Kier alpha value is -1.95. The number of hydrogen-bond acceptors (Lipinski definition) is 5. The quantitative estimate of drug-likeness (QED) is 0.870. The first-order valence-corrected chi connectivity index (χ1v) is 5.95. The second-order valence-corrected chi connectivity index (χ2v) is 4.26. The molecular weight excluding hydrogens is 238 g/mol. The molecule has 0 aliphatic rings. The summed E-state index contributed by atoms with van der Waals surface area (Å²) in [7, 11) is 0. The van der Waals surface area contributed by atoms with Crippen molar-refractivity contribution in [2.75, 3.05) is 5.32 Å². The van der Waals surface area contributed by atoms with E-state index in [0.717, 1.165) is 5.56 Å². The lowest BCUT2D eigenvalue weighted by molar-refractivity contribution is 0.0691. The van der Waals surface area contributed by atoms with Gasteiger partial charge in [0.15, 0.2) is 11.5 Å². The number of carboxylic acids is 1. The van der Waals surface area contributed by atoms with Crippen LogP contribution in [0, 0.1) is 0 Å². The SMILES string of the molecule is CC(Nc1nccnc1C(=O)O)c1ccsc1. The van der Waals surface area contributed by atoms with Crippen molar-refractivity contribution in [3.63, 3.8) is 0 Å². The van der Waals surface area contributed by atoms with Gasteiger partial charge in [-0.05, 0) is 29.3 Å². The molecule has 2 rings (SSSR count). The maximum absolute atomic E-state index is 10.9. The van der Waals surface area contributed by atoms with Crippen LogP contribution < -0.4 is 5.32 Å². The van der Waals surface area contributed by atoms with Crippen molar-refractivity contribution >= 4 is 23.1 Å². The highest BCUT2D eigenvalue weighted by molar-refractivity contribution is 7.07. The number of rotatable bonds is 4. The molecule has 2 aromatic rings. The Morgan fingerprint density at radius 2 is 2.24 bits per heavy atom. The van der Waals surface area contributed by atoms with Gasteiger partial charge >= 0.3 is 5.97 Å². The smallest absolute Gasteiger partial charge is 0.358 e. The average Bonchev–Trinajstić information content (AvgIpc) is 2.83. The van der Waals surface area contributed by atoms with Gasteiger partial charge in [0.1, 0.15) is 0 Å². The van der Waals surface area contributed by atoms with Crippen LogP contribution in [0.2, 0.25) is 0 Å². The first-order valence-electron chi connectivity index (χ1n) is 5.01. The van der Waals surface area contributed by atoms with Crippen LogP contribution in [0.25, 0.3) is 0 Å². The van der Waals surface area contributed by atoms with E-state index in [1.54, 1.807) is 11.3 Å². The van der Waals surface area contributed by atoms with Crippen molar-refractivity contribution in [2.45, 2.75) is 13.0 Å². The Kier molecular flexibility index (Phi) is 3.34. The molecule has 1 unspecified atom stereocenters. The second-order valence-electron chi connectivity index (χ2n) is 3.48. The van der Waals surface area contributed by atoms with Gasteiger partial charge in [-0.15, -0.1) is 0 Å². The van der Waals surface area contributed by atoms with Crippen molar-refractivity contribution in [3.8, 4) is 0 Å². The fourth-order valence-electron chi connectivity index (χ4n) is 1.41. The Labute approximate surface area is 102 Å². The zero-order chi connectivity index (χ0) is 12.3. The third-order valence-corrected chi connectivity index (χ3v) is 3.00. The van der Waals surface area contributed by atoms with E-state index in [0.29, 0.717) is 5.82 Å². The number of carboxylic acid groups (broad SMARTS) is 1. The summed E-state index contributed by atoms with van der Waals surface area (Å²) in [6.07, 6.45) is 2.83. The largest absolute Gasteiger partial charge is 0.476 e. The molecule has 88 valence electrons. The van der Waals surface area contributed by atoms with Crippen LogP contribution in [-0.4, -0.2) is 21.0 Å². The molecule has 1 atom stereocenters. The van der Waals surface area contributed by atoms with Gasteiger partial charge in [-0.3, -0.25) is 0 Å². The lowest BCUT2D eigenvalue weighted by Gasteiger charge is -2.13. The molecule has 2 heterocycles. The van der Waals surface area contributed by atoms with Crippen LogP contribution in [-0.2, 0) is 0 Å². The minimum Gasteiger partial charge on any atom is -0.476 e. The molecule has 0 fully saturated rings. The normalized spacial score (nSPS) is 12.1. The van der Waals surface area contributed by atoms with Crippen LogP contribution in [0.5, 0.6) is 0 Å². The van der Waals surface area contributed by atoms with E-state index in [1.165, 1.54) is 12.4 Å². The van der Waals surface area contributed by atoms with E-state index in [4.69, 9.17) is 5.11 Å². The first kappa shape index (κ1) is 11.5. The summed E-state index contributed by atoms with van der Waals surface area (Å²) in [6, 6.07) is 1.98. The number of thiophene rings is 1. The summed E-state index contributed by atoms with van der Waals surface area (Å²) in [5.41, 5.74) is 1.03. The van der Waals surface area contributed by atoms with Gasteiger partial charge in [0, 0.05) is 12.4 Å². The van der Waals surface area contributed by atoms with E-state index in [9.17, 15) is 4.79 Å². The van der Waals surface area contributed by atoms with Crippen LogP contribution in [0.3, 0.4) is 0 Å². The topological polar surface area (TPSA) is 75.1 Å². The highest BCUT2D eigenvalue weighted by atomic mass is 32.1. The number of nitrogens with zero attached hydrogens (tertiary/aromatic N) is 2. The van der Waals surface area contributed by atoms with E-state index in [-0.39, 0.29) is 11.7 Å². The third-order valence-electron chi connectivity index (χ3n) is 2.30. The molecule has 0 aliphatic heterocycles. The maximum Gasteiger partial charge on any atom is 0.358 e. The van der Waals surface area contributed by atoms with Crippen molar-refractivity contribution < 1.29 is 9.90 Å². The number of aromatic carboxylic acids is 1. The van der Waals surface area contributed by atoms with Crippen LogP contribution in [0.1, 0.15) is 29.0 Å². The first-order chi connectivity index (χ1) is 8.18. The Balaban J connectivity index is 2.21. The molecule has 0 aromatic carbocycles. The van der Waals surface area contributed by atoms with Gasteiger partial charge in [-0.2, -0.15) is 11.3 Å². The van der Waals surface area contributed by atoms with Gasteiger partial charge in [0.2, 0.25) is 0 Å². The molecule has 5 nitrogen and oxygen atoms in total. The zero-order valence-electron chi connectivity index (χ0n) is 9.12. The monoisotopic (exact) mass is 249 g/mol. The lowest BCUT2D eigenvalue weighted by Crippen LogP contribution is -2.13. The predicted octanol–water partition coefficient (Wildman–Crippen LogP) is 2.41. The lowest BCUT2D eigenvalue weighted by atomic mass is 10.2. The fourth-order valence-corrected chi connectivity index (χ4v) is 2.16. The molecule has 0 radical (unpaired) electrons. The van der Waals surface area contributed by atoms with Crippen molar-refractivity contribution in [1.82, 2.24) is 9.97 Å². The van der Waals surface area contributed by atoms with Gasteiger partial charge < -0.3 is 10.4 Å². The summed E-state index contributed by atoms with van der Waals surface area (Å²) in [6.45, 7) is 1.95. The van der Waals surface area contributed by atoms with Crippen molar-refractivity contribution in [1.29, 1.82) is 0 Å². The minimum atomic E-state index is -1.09. The third kappa shape index (κ3) is 2.59. The molecule has 17 heavy (non-hydrogen) atoms. The number of hydrogen-bond donors (Lipinski definition) is 2. The van der Waals surface area contributed by atoms with Gasteiger partial charge in [0.05, 0.1) is 6.04 Å². The average molecular weight is 249 g/mol. The van der Waals surface area contributed by atoms with E-state index in [1.807, 2.05) is 23.8 Å². The predicted molar refractivity (Wildman–Crippen MR) is 65.3 cm³/mol. The summed E-state index contributed by atoms with van der Waals surface area (Å²) >= 11 is 1.60.